The normalized spacial score (nSPS) is 14.8. The zero-order valence-corrected chi connectivity index (χ0v) is 15.5. The van der Waals surface area contributed by atoms with Gasteiger partial charge in [-0.1, -0.05) is 12.8 Å². The molecular formula is C17H18N6S2. The molecule has 0 saturated heterocycles. The summed E-state index contributed by atoms with van der Waals surface area (Å²) in [6.07, 6.45) is 6.62. The van der Waals surface area contributed by atoms with E-state index in [0.29, 0.717) is 22.6 Å². The highest BCUT2D eigenvalue weighted by Crippen LogP contribution is 2.21. The van der Waals surface area contributed by atoms with E-state index in [4.69, 9.17) is 12.2 Å². The lowest BCUT2D eigenvalue weighted by molar-refractivity contribution is 0.634. The SMILES string of the molecule is Cc1nc(-c2cnc3ccc(NC(=S)NC4CCCC4)nc3n2)cs1. The third-order valence-electron chi connectivity index (χ3n) is 4.22. The highest BCUT2D eigenvalue weighted by molar-refractivity contribution is 7.80. The van der Waals surface area contributed by atoms with Crippen molar-refractivity contribution >= 4 is 45.6 Å². The molecule has 4 rings (SSSR count). The van der Waals surface area contributed by atoms with Crippen LogP contribution in [0, 0.1) is 6.92 Å². The number of pyridine rings is 1. The van der Waals surface area contributed by atoms with E-state index in [1.54, 1.807) is 17.5 Å². The minimum atomic E-state index is 0.472. The first-order valence-corrected chi connectivity index (χ1v) is 9.60. The summed E-state index contributed by atoms with van der Waals surface area (Å²) in [6, 6.07) is 4.23. The van der Waals surface area contributed by atoms with Crippen molar-refractivity contribution in [3.63, 3.8) is 0 Å². The first-order valence-electron chi connectivity index (χ1n) is 8.31. The lowest BCUT2D eigenvalue weighted by Crippen LogP contribution is -2.36. The van der Waals surface area contributed by atoms with Gasteiger partial charge in [-0.25, -0.2) is 15.0 Å². The van der Waals surface area contributed by atoms with E-state index >= 15 is 0 Å². The minimum absolute atomic E-state index is 0.472. The van der Waals surface area contributed by atoms with Gasteiger partial charge in [-0.15, -0.1) is 11.3 Å². The lowest BCUT2D eigenvalue weighted by Gasteiger charge is -2.15. The van der Waals surface area contributed by atoms with Crippen LogP contribution in [-0.4, -0.2) is 31.1 Å². The van der Waals surface area contributed by atoms with Crippen LogP contribution >= 0.6 is 23.6 Å². The van der Waals surface area contributed by atoms with Crippen molar-refractivity contribution in [1.29, 1.82) is 0 Å². The Morgan fingerprint density at radius 2 is 2.00 bits per heavy atom. The van der Waals surface area contributed by atoms with Crippen LogP contribution in [-0.2, 0) is 0 Å². The number of aromatic nitrogens is 4. The summed E-state index contributed by atoms with van der Waals surface area (Å²) in [4.78, 5) is 18.0. The molecule has 0 aliphatic heterocycles. The van der Waals surface area contributed by atoms with Crippen LogP contribution in [0.3, 0.4) is 0 Å². The van der Waals surface area contributed by atoms with E-state index in [-0.39, 0.29) is 0 Å². The molecule has 0 aromatic carbocycles. The molecule has 0 radical (unpaired) electrons. The Kier molecular flexibility index (Phi) is 4.54. The third kappa shape index (κ3) is 3.74. The first-order chi connectivity index (χ1) is 12.2. The van der Waals surface area contributed by atoms with E-state index in [1.807, 2.05) is 24.4 Å². The van der Waals surface area contributed by atoms with Crippen molar-refractivity contribution in [3.8, 4) is 11.4 Å². The van der Waals surface area contributed by atoms with Gasteiger partial charge in [0.15, 0.2) is 10.8 Å². The van der Waals surface area contributed by atoms with Crippen molar-refractivity contribution in [2.75, 3.05) is 5.32 Å². The fourth-order valence-corrected chi connectivity index (χ4v) is 3.86. The zero-order chi connectivity index (χ0) is 17.2. The average molecular weight is 371 g/mol. The summed E-state index contributed by atoms with van der Waals surface area (Å²) in [5.41, 5.74) is 2.89. The first kappa shape index (κ1) is 16.3. The monoisotopic (exact) mass is 370 g/mol. The Morgan fingerprint density at radius 3 is 2.76 bits per heavy atom. The predicted molar refractivity (Wildman–Crippen MR) is 105 cm³/mol. The smallest absolute Gasteiger partial charge is 0.180 e. The van der Waals surface area contributed by atoms with Crippen LogP contribution in [0.2, 0.25) is 0 Å². The molecule has 3 aromatic heterocycles. The Morgan fingerprint density at radius 1 is 1.16 bits per heavy atom. The number of nitrogens with zero attached hydrogens (tertiary/aromatic N) is 4. The molecule has 1 aliphatic carbocycles. The van der Waals surface area contributed by atoms with Gasteiger partial charge in [0.2, 0.25) is 0 Å². The van der Waals surface area contributed by atoms with Crippen molar-refractivity contribution in [1.82, 2.24) is 25.3 Å². The molecule has 0 bridgehead atoms. The molecule has 0 unspecified atom stereocenters. The molecule has 6 nitrogen and oxygen atoms in total. The van der Waals surface area contributed by atoms with Gasteiger partial charge >= 0.3 is 0 Å². The molecule has 0 amide bonds. The number of hydrogen-bond donors (Lipinski definition) is 2. The summed E-state index contributed by atoms with van der Waals surface area (Å²) in [6.45, 7) is 1.97. The molecule has 3 heterocycles. The molecule has 1 saturated carbocycles. The Balaban J connectivity index is 1.54. The number of aryl methyl sites for hydroxylation is 1. The summed E-state index contributed by atoms with van der Waals surface area (Å²) < 4.78 is 0. The van der Waals surface area contributed by atoms with Crippen LogP contribution in [0.5, 0.6) is 0 Å². The van der Waals surface area contributed by atoms with Crippen LogP contribution in [0.4, 0.5) is 5.82 Å². The highest BCUT2D eigenvalue weighted by Gasteiger charge is 2.15. The van der Waals surface area contributed by atoms with Gasteiger partial charge in [-0.05, 0) is 44.1 Å². The van der Waals surface area contributed by atoms with Crippen molar-refractivity contribution in [2.45, 2.75) is 38.6 Å². The molecule has 128 valence electrons. The second-order valence-electron chi connectivity index (χ2n) is 6.13. The van der Waals surface area contributed by atoms with Crippen LogP contribution in [0.15, 0.2) is 23.7 Å². The molecule has 8 heteroatoms. The van der Waals surface area contributed by atoms with Gasteiger partial charge in [-0.2, -0.15) is 0 Å². The number of nitrogens with one attached hydrogen (secondary N) is 2. The van der Waals surface area contributed by atoms with Gasteiger partial charge in [0.05, 0.1) is 11.2 Å². The van der Waals surface area contributed by atoms with Crippen LogP contribution in [0.1, 0.15) is 30.7 Å². The number of thiocarbonyl (C=S) groups is 1. The number of anilines is 1. The zero-order valence-electron chi connectivity index (χ0n) is 13.8. The van der Waals surface area contributed by atoms with Crippen LogP contribution in [0.25, 0.3) is 22.6 Å². The van der Waals surface area contributed by atoms with E-state index in [0.717, 1.165) is 21.9 Å². The predicted octanol–water partition coefficient (Wildman–Crippen LogP) is 3.69. The fourth-order valence-electron chi connectivity index (χ4n) is 2.98. The van der Waals surface area contributed by atoms with E-state index in [2.05, 4.69) is 30.6 Å². The van der Waals surface area contributed by atoms with E-state index in [9.17, 15) is 0 Å². The number of rotatable bonds is 3. The van der Waals surface area contributed by atoms with E-state index in [1.165, 1.54) is 25.7 Å². The van der Waals surface area contributed by atoms with Crippen molar-refractivity contribution in [2.24, 2.45) is 0 Å². The molecule has 0 atom stereocenters. The Bertz CT molecular complexity index is 916. The molecule has 1 fully saturated rings. The third-order valence-corrected chi connectivity index (χ3v) is 5.21. The molecule has 0 spiro atoms. The maximum Gasteiger partial charge on any atom is 0.180 e. The topological polar surface area (TPSA) is 75.6 Å². The van der Waals surface area contributed by atoms with E-state index < -0.39 is 0 Å². The average Bonchev–Trinajstić information content (AvgIpc) is 3.26. The second kappa shape index (κ2) is 6.97. The quantitative estimate of drug-likeness (QED) is 0.681. The maximum absolute atomic E-state index is 5.39. The molecular weight excluding hydrogens is 352 g/mol. The van der Waals surface area contributed by atoms with Gasteiger partial charge in [-0.3, -0.25) is 4.98 Å². The molecule has 2 N–H and O–H groups in total. The molecule has 1 aliphatic rings. The standard InChI is InChI=1S/C17H18N6S2/c1-10-19-14(9-25-10)13-8-18-12-6-7-15(22-16(12)21-13)23-17(24)20-11-4-2-3-5-11/h6-9,11H,2-5H2,1H3,(H2,20,21,22,23,24). The summed E-state index contributed by atoms with van der Waals surface area (Å²) >= 11 is 6.99. The van der Waals surface area contributed by atoms with Gasteiger partial charge in [0, 0.05) is 11.4 Å². The minimum Gasteiger partial charge on any atom is -0.360 e. The van der Waals surface area contributed by atoms with Gasteiger partial charge in [0.25, 0.3) is 0 Å². The summed E-state index contributed by atoms with van der Waals surface area (Å²) in [5, 5.41) is 10.1. The highest BCUT2D eigenvalue weighted by atomic mass is 32.1. The number of thiazole rings is 1. The van der Waals surface area contributed by atoms with Gasteiger partial charge in [0.1, 0.15) is 22.7 Å². The lowest BCUT2D eigenvalue weighted by atomic mass is 10.3. The molecule has 3 aromatic rings. The fraction of sp³-hybridized carbons (Fsp3) is 0.353. The van der Waals surface area contributed by atoms with Crippen molar-refractivity contribution < 1.29 is 0 Å². The van der Waals surface area contributed by atoms with Crippen molar-refractivity contribution in [3.05, 3.63) is 28.7 Å². The largest absolute Gasteiger partial charge is 0.360 e. The maximum atomic E-state index is 5.39. The number of hydrogen-bond acceptors (Lipinski definition) is 6. The second-order valence-corrected chi connectivity index (χ2v) is 7.60. The summed E-state index contributed by atoms with van der Waals surface area (Å²) in [5.74, 6) is 0.670. The summed E-state index contributed by atoms with van der Waals surface area (Å²) in [7, 11) is 0. The number of fused-ring (bicyclic) bond motifs is 1. The Hall–Kier alpha value is -2.19. The van der Waals surface area contributed by atoms with Gasteiger partial charge < -0.3 is 10.6 Å². The molecule has 25 heavy (non-hydrogen) atoms. The Labute approximate surface area is 155 Å². The van der Waals surface area contributed by atoms with Crippen LogP contribution < -0.4 is 10.6 Å².